The van der Waals surface area contributed by atoms with E-state index in [1.54, 1.807) is 0 Å². The first-order valence-electron chi connectivity index (χ1n) is 8.27. The van der Waals surface area contributed by atoms with Crippen molar-refractivity contribution in [3.63, 3.8) is 0 Å². The Kier molecular flexibility index (Phi) is 6.55. The van der Waals surface area contributed by atoms with Crippen LogP contribution in [0.1, 0.15) is 18.4 Å². The lowest BCUT2D eigenvalue weighted by Gasteiger charge is -2.33. The Morgan fingerprint density at radius 3 is 2.56 bits per heavy atom. The summed E-state index contributed by atoms with van der Waals surface area (Å²) in [7, 11) is -3.35. The number of hydrogen-bond acceptors (Lipinski definition) is 4. The molecule has 0 saturated carbocycles. The molecule has 1 aromatic carbocycles. The standard InChI is InChI=1S/C17H24N2O5S/c1-25(23,24)19-10-5-8-15(12-19)17(22)18(13-16(20)21)11-9-14-6-3-2-4-7-14/h2-4,6-7,15H,5,8-13H2,1H3,(H,20,21). The molecule has 8 heteroatoms. The molecule has 7 nitrogen and oxygen atoms in total. The summed E-state index contributed by atoms with van der Waals surface area (Å²) >= 11 is 0. The summed E-state index contributed by atoms with van der Waals surface area (Å²) in [6.45, 7) is 0.455. The number of carboxylic acid groups (broad SMARTS) is 1. The van der Waals surface area contributed by atoms with Crippen LogP contribution in [0.25, 0.3) is 0 Å². The molecule has 0 radical (unpaired) electrons. The lowest BCUT2D eigenvalue weighted by atomic mass is 9.97. The molecular weight excluding hydrogens is 344 g/mol. The van der Waals surface area contributed by atoms with E-state index in [-0.39, 0.29) is 19.0 Å². The summed E-state index contributed by atoms with van der Waals surface area (Å²) in [4.78, 5) is 25.2. The monoisotopic (exact) mass is 368 g/mol. The van der Waals surface area contributed by atoms with Crippen molar-refractivity contribution in [2.24, 2.45) is 5.92 Å². The first-order valence-corrected chi connectivity index (χ1v) is 10.1. The second-order valence-electron chi connectivity index (χ2n) is 6.35. The zero-order valence-corrected chi connectivity index (χ0v) is 15.1. The molecule has 1 N–H and O–H groups in total. The van der Waals surface area contributed by atoms with Gasteiger partial charge in [-0.3, -0.25) is 9.59 Å². The summed E-state index contributed by atoms with van der Waals surface area (Å²) in [5.41, 5.74) is 1.02. The van der Waals surface area contributed by atoms with E-state index in [4.69, 9.17) is 5.11 Å². The fraction of sp³-hybridized carbons (Fsp3) is 0.529. The van der Waals surface area contributed by atoms with Gasteiger partial charge in [-0.2, -0.15) is 0 Å². The molecule has 0 aromatic heterocycles. The molecule has 0 spiro atoms. The number of sulfonamides is 1. The number of carbonyl (C=O) groups is 2. The summed E-state index contributed by atoms with van der Waals surface area (Å²) in [6.07, 6.45) is 2.86. The normalized spacial score (nSPS) is 18.7. The second kappa shape index (κ2) is 8.44. The van der Waals surface area contributed by atoms with E-state index in [1.807, 2.05) is 30.3 Å². The fourth-order valence-corrected chi connectivity index (χ4v) is 3.95. The Balaban J connectivity index is 2.05. The van der Waals surface area contributed by atoms with Crippen LogP contribution in [0.2, 0.25) is 0 Å². The third-order valence-electron chi connectivity index (χ3n) is 4.35. The molecule has 138 valence electrons. The van der Waals surface area contributed by atoms with Gasteiger partial charge in [-0.15, -0.1) is 0 Å². The van der Waals surface area contributed by atoms with Crippen LogP contribution in [0, 0.1) is 5.92 Å². The third kappa shape index (κ3) is 5.82. The van der Waals surface area contributed by atoms with Gasteiger partial charge in [0.05, 0.1) is 12.2 Å². The van der Waals surface area contributed by atoms with Crippen LogP contribution in [0.3, 0.4) is 0 Å². The van der Waals surface area contributed by atoms with Gasteiger partial charge in [0.2, 0.25) is 15.9 Å². The van der Waals surface area contributed by atoms with Gasteiger partial charge in [0.1, 0.15) is 6.54 Å². The number of nitrogens with zero attached hydrogens (tertiary/aromatic N) is 2. The number of carbonyl (C=O) groups excluding carboxylic acids is 1. The number of amides is 1. The van der Waals surface area contributed by atoms with Crippen molar-refractivity contribution < 1.29 is 23.1 Å². The van der Waals surface area contributed by atoms with Crippen LogP contribution in [-0.4, -0.2) is 67.0 Å². The Morgan fingerprint density at radius 1 is 1.28 bits per heavy atom. The molecule has 1 saturated heterocycles. The number of hydrogen-bond donors (Lipinski definition) is 1. The van der Waals surface area contributed by atoms with Crippen molar-refractivity contribution in [2.45, 2.75) is 19.3 Å². The maximum absolute atomic E-state index is 12.8. The van der Waals surface area contributed by atoms with E-state index in [2.05, 4.69) is 0 Å². The minimum atomic E-state index is -3.35. The highest BCUT2D eigenvalue weighted by molar-refractivity contribution is 7.88. The van der Waals surface area contributed by atoms with Crippen molar-refractivity contribution in [3.05, 3.63) is 35.9 Å². The van der Waals surface area contributed by atoms with Gasteiger partial charge in [-0.25, -0.2) is 12.7 Å². The van der Waals surface area contributed by atoms with Crippen LogP contribution in [0.5, 0.6) is 0 Å². The number of aliphatic carboxylic acids is 1. The number of rotatable bonds is 7. The Bertz CT molecular complexity index is 705. The third-order valence-corrected chi connectivity index (χ3v) is 5.62. The number of piperidine rings is 1. The van der Waals surface area contributed by atoms with Gasteiger partial charge in [0, 0.05) is 19.6 Å². The van der Waals surface area contributed by atoms with E-state index in [0.717, 1.165) is 11.8 Å². The molecule has 1 aromatic rings. The molecule has 1 aliphatic rings. The van der Waals surface area contributed by atoms with E-state index < -0.39 is 21.9 Å². The molecule has 2 rings (SSSR count). The van der Waals surface area contributed by atoms with E-state index in [0.29, 0.717) is 32.4 Å². The van der Waals surface area contributed by atoms with Gasteiger partial charge in [-0.1, -0.05) is 30.3 Å². The second-order valence-corrected chi connectivity index (χ2v) is 8.33. The summed E-state index contributed by atoms with van der Waals surface area (Å²) < 4.78 is 24.7. The average Bonchev–Trinajstić information content (AvgIpc) is 2.58. The van der Waals surface area contributed by atoms with Crippen molar-refractivity contribution in [1.82, 2.24) is 9.21 Å². The molecule has 1 aliphatic heterocycles. The van der Waals surface area contributed by atoms with Crippen molar-refractivity contribution in [2.75, 3.05) is 32.4 Å². The highest BCUT2D eigenvalue weighted by Gasteiger charge is 2.33. The maximum Gasteiger partial charge on any atom is 0.323 e. The van der Waals surface area contributed by atoms with E-state index in [9.17, 15) is 18.0 Å². The number of carboxylic acids is 1. The molecule has 1 amide bonds. The minimum Gasteiger partial charge on any atom is -0.480 e. The van der Waals surface area contributed by atoms with Crippen LogP contribution in [-0.2, 0) is 26.0 Å². The van der Waals surface area contributed by atoms with Crippen LogP contribution < -0.4 is 0 Å². The molecule has 1 fully saturated rings. The lowest BCUT2D eigenvalue weighted by Crippen LogP contribution is -2.48. The van der Waals surface area contributed by atoms with Crippen LogP contribution >= 0.6 is 0 Å². The molecule has 0 bridgehead atoms. The first kappa shape index (κ1) is 19.4. The molecule has 1 atom stereocenters. The Labute approximate surface area is 148 Å². The number of benzene rings is 1. The van der Waals surface area contributed by atoms with Crippen LogP contribution in [0.15, 0.2) is 30.3 Å². The van der Waals surface area contributed by atoms with Gasteiger partial charge in [0.25, 0.3) is 0 Å². The smallest absolute Gasteiger partial charge is 0.323 e. The van der Waals surface area contributed by atoms with Gasteiger partial charge in [-0.05, 0) is 24.8 Å². The predicted molar refractivity (Wildman–Crippen MR) is 93.5 cm³/mol. The lowest BCUT2D eigenvalue weighted by molar-refractivity contribution is -0.146. The zero-order valence-electron chi connectivity index (χ0n) is 14.3. The zero-order chi connectivity index (χ0) is 18.4. The van der Waals surface area contributed by atoms with Crippen LogP contribution in [0.4, 0.5) is 0 Å². The largest absolute Gasteiger partial charge is 0.480 e. The summed E-state index contributed by atoms with van der Waals surface area (Å²) in [5.74, 6) is -1.84. The molecular formula is C17H24N2O5S. The maximum atomic E-state index is 12.8. The minimum absolute atomic E-state index is 0.124. The van der Waals surface area contributed by atoms with Gasteiger partial charge in [0.15, 0.2) is 0 Å². The molecule has 25 heavy (non-hydrogen) atoms. The van der Waals surface area contributed by atoms with Gasteiger partial charge >= 0.3 is 5.97 Å². The first-order chi connectivity index (χ1) is 11.8. The SMILES string of the molecule is CS(=O)(=O)N1CCCC(C(=O)N(CCc2ccccc2)CC(=O)O)C1. The topological polar surface area (TPSA) is 95.0 Å². The van der Waals surface area contributed by atoms with Crippen molar-refractivity contribution >= 4 is 21.9 Å². The quantitative estimate of drug-likeness (QED) is 0.769. The molecule has 1 unspecified atom stereocenters. The Morgan fingerprint density at radius 2 is 1.96 bits per heavy atom. The highest BCUT2D eigenvalue weighted by atomic mass is 32.2. The predicted octanol–water partition coefficient (Wildman–Crippen LogP) is 0.814. The highest BCUT2D eigenvalue weighted by Crippen LogP contribution is 2.21. The summed E-state index contributed by atoms with van der Waals surface area (Å²) in [6, 6.07) is 9.53. The van der Waals surface area contributed by atoms with Crippen molar-refractivity contribution in [1.29, 1.82) is 0 Å². The van der Waals surface area contributed by atoms with Gasteiger partial charge < -0.3 is 10.0 Å². The fourth-order valence-electron chi connectivity index (χ4n) is 3.04. The average molecular weight is 368 g/mol. The Hall–Kier alpha value is -1.93. The van der Waals surface area contributed by atoms with E-state index >= 15 is 0 Å². The van der Waals surface area contributed by atoms with E-state index in [1.165, 1.54) is 9.21 Å². The summed E-state index contributed by atoms with van der Waals surface area (Å²) in [5, 5.41) is 9.11. The molecule has 1 heterocycles. The molecule has 0 aliphatic carbocycles. The van der Waals surface area contributed by atoms with Crippen molar-refractivity contribution in [3.8, 4) is 0 Å².